The first-order valence-corrected chi connectivity index (χ1v) is 12.1. The lowest BCUT2D eigenvalue weighted by Crippen LogP contribution is -2.43. The lowest BCUT2D eigenvalue weighted by atomic mass is 9.95. The number of hydrogen-bond acceptors (Lipinski definition) is 5. The van der Waals surface area contributed by atoms with E-state index in [-0.39, 0.29) is 17.7 Å². The van der Waals surface area contributed by atoms with E-state index in [1.807, 2.05) is 76.3 Å². The Balaban J connectivity index is 1.17. The van der Waals surface area contributed by atoms with E-state index < -0.39 is 0 Å². The fraction of sp³-hybridized carbons (Fsp3) is 0.296. The van der Waals surface area contributed by atoms with Crippen LogP contribution in [0.2, 0.25) is 0 Å². The number of amides is 2. The maximum atomic E-state index is 13.4. The minimum Gasteiger partial charge on any atom is -0.338 e. The molecule has 176 valence electrons. The van der Waals surface area contributed by atoms with Gasteiger partial charge in [-0.15, -0.1) is 5.10 Å². The molecule has 1 unspecified atom stereocenters. The zero-order valence-corrected chi connectivity index (χ0v) is 19.3. The average Bonchev–Trinajstić information content (AvgIpc) is 3.64. The van der Waals surface area contributed by atoms with E-state index in [4.69, 9.17) is 0 Å². The molecule has 35 heavy (non-hydrogen) atoms. The highest BCUT2D eigenvalue weighted by atomic mass is 16.2. The second-order valence-corrected chi connectivity index (χ2v) is 9.37. The molecule has 1 N–H and O–H groups in total. The van der Waals surface area contributed by atoms with Gasteiger partial charge < -0.3 is 10.2 Å². The van der Waals surface area contributed by atoms with E-state index in [9.17, 15) is 9.59 Å². The normalized spacial score (nSPS) is 17.9. The second kappa shape index (κ2) is 8.94. The van der Waals surface area contributed by atoms with Crippen LogP contribution in [0.4, 0.5) is 5.69 Å². The van der Waals surface area contributed by atoms with E-state index in [1.165, 1.54) is 0 Å². The molecule has 1 aromatic heterocycles. The SMILES string of the molecule is O=C(Nc1cccc(-c2nnnn2C2CC2)c1)C1CCCN(C(=O)c2cccc3ccccc23)C1. The molecule has 4 aromatic rings. The zero-order valence-electron chi connectivity index (χ0n) is 19.3. The van der Waals surface area contributed by atoms with Gasteiger partial charge in [-0.1, -0.05) is 48.5 Å². The largest absolute Gasteiger partial charge is 0.338 e. The number of nitrogens with zero attached hydrogens (tertiary/aromatic N) is 5. The van der Waals surface area contributed by atoms with Crippen LogP contribution >= 0.6 is 0 Å². The van der Waals surface area contributed by atoms with Gasteiger partial charge >= 0.3 is 0 Å². The summed E-state index contributed by atoms with van der Waals surface area (Å²) >= 11 is 0. The van der Waals surface area contributed by atoms with Crippen molar-refractivity contribution in [3.63, 3.8) is 0 Å². The number of benzene rings is 3. The van der Waals surface area contributed by atoms with Crippen LogP contribution in [0.15, 0.2) is 66.7 Å². The van der Waals surface area contributed by atoms with Gasteiger partial charge in [-0.3, -0.25) is 9.59 Å². The molecule has 8 nitrogen and oxygen atoms in total. The third kappa shape index (κ3) is 4.27. The fourth-order valence-corrected chi connectivity index (χ4v) is 4.89. The van der Waals surface area contributed by atoms with Gasteiger partial charge in [-0.05, 0) is 65.1 Å². The Morgan fingerprint density at radius 2 is 1.77 bits per heavy atom. The monoisotopic (exact) mass is 466 g/mol. The van der Waals surface area contributed by atoms with Crippen LogP contribution < -0.4 is 5.32 Å². The van der Waals surface area contributed by atoms with Crippen LogP contribution in [0.1, 0.15) is 42.1 Å². The van der Waals surface area contributed by atoms with Crippen LogP contribution in [0.5, 0.6) is 0 Å². The lowest BCUT2D eigenvalue weighted by Gasteiger charge is -2.32. The molecule has 2 aliphatic rings. The van der Waals surface area contributed by atoms with Gasteiger partial charge in [-0.25, -0.2) is 4.68 Å². The predicted octanol–water partition coefficient (Wildman–Crippen LogP) is 4.32. The van der Waals surface area contributed by atoms with Crippen molar-refractivity contribution in [2.45, 2.75) is 31.7 Å². The highest BCUT2D eigenvalue weighted by Crippen LogP contribution is 2.37. The number of aromatic nitrogens is 4. The Kier molecular flexibility index (Phi) is 5.48. The molecule has 1 saturated heterocycles. The number of fused-ring (bicyclic) bond motifs is 1. The summed E-state index contributed by atoms with van der Waals surface area (Å²) < 4.78 is 1.86. The summed E-state index contributed by atoms with van der Waals surface area (Å²) in [6.45, 7) is 1.07. The molecule has 1 aliphatic carbocycles. The quantitative estimate of drug-likeness (QED) is 0.473. The van der Waals surface area contributed by atoms with Gasteiger partial charge in [0.15, 0.2) is 5.82 Å². The van der Waals surface area contributed by atoms with Crippen LogP contribution in [-0.2, 0) is 4.79 Å². The van der Waals surface area contributed by atoms with Crippen molar-refractivity contribution in [3.05, 3.63) is 72.3 Å². The molecule has 0 radical (unpaired) electrons. The van der Waals surface area contributed by atoms with Crippen molar-refractivity contribution in [1.29, 1.82) is 0 Å². The molecule has 1 aliphatic heterocycles. The summed E-state index contributed by atoms with van der Waals surface area (Å²) in [5.41, 5.74) is 2.26. The standard InChI is InChI=1S/C27H26N6O2/c34-26(28-21-10-3-8-19(16-21)25-29-30-31-33(25)22-13-14-22)20-9-5-15-32(17-20)27(35)24-12-4-7-18-6-1-2-11-23(18)24/h1-4,6-8,10-12,16,20,22H,5,9,13-15,17H2,(H,28,34). The van der Waals surface area contributed by atoms with Crippen molar-refractivity contribution < 1.29 is 9.59 Å². The summed E-state index contributed by atoms with van der Waals surface area (Å²) in [6.07, 6.45) is 3.73. The molecule has 8 heteroatoms. The third-order valence-corrected chi connectivity index (χ3v) is 6.87. The van der Waals surface area contributed by atoms with Gasteiger partial charge in [0.2, 0.25) is 5.91 Å². The molecule has 1 saturated carbocycles. The average molecular weight is 467 g/mol. The van der Waals surface area contributed by atoms with Crippen molar-refractivity contribution >= 4 is 28.3 Å². The van der Waals surface area contributed by atoms with Crippen LogP contribution in [-0.4, -0.2) is 50.0 Å². The maximum absolute atomic E-state index is 13.4. The van der Waals surface area contributed by atoms with Gasteiger partial charge in [0, 0.05) is 29.9 Å². The number of likely N-dealkylation sites (tertiary alicyclic amines) is 1. The highest BCUT2D eigenvalue weighted by Gasteiger charge is 2.30. The van der Waals surface area contributed by atoms with E-state index >= 15 is 0 Å². The molecular formula is C27H26N6O2. The number of hydrogen-bond donors (Lipinski definition) is 1. The number of carbonyl (C=O) groups excluding carboxylic acids is 2. The van der Waals surface area contributed by atoms with Gasteiger partial charge in [0.25, 0.3) is 5.91 Å². The predicted molar refractivity (Wildman–Crippen MR) is 133 cm³/mol. The Labute approximate surface area is 202 Å². The topological polar surface area (TPSA) is 93.0 Å². The number of carbonyl (C=O) groups is 2. The minimum absolute atomic E-state index is 0.0202. The zero-order chi connectivity index (χ0) is 23.8. The number of piperidine rings is 1. The summed E-state index contributed by atoms with van der Waals surface area (Å²) in [7, 11) is 0. The molecule has 3 aromatic carbocycles. The number of rotatable bonds is 5. The van der Waals surface area contributed by atoms with E-state index in [0.717, 1.165) is 42.0 Å². The summed E-state index contributed by atoms with van der Waals surface area (Å²) in [5, 5.41) is 17.2. The first-order chi connectivity index (χ1) is 17.2. The van der Waals surface area contributed by atoms with E-state index in [0.29, 0.717) is 36.2 Å². The van der Waals surface area contributed by atoms with Crippen molar-refractivity contribution in [2.24, 2.45) is 5.92 Å². The molecule has 1 atom stereocenters. The summed E-state index contributed by atoms with van der Waals surface area (Å²) in [4.78, 5) is 28.4. The highest BCUT2D eigenvalue weighted by molar-refractivity contribution is 6.07. The summed E-state index contributed by atoms with van der Waals surface area (Å²) in [5.74, 6) is 0.365. The smallest absolute Gasteiger partial charge is 0.254 e. The molecule has 2 fully saturated rings. The fourth-order valence-electron chi connectivity index (χ4n) is 4.89. The summed E-state index contributed by atoms with van der Waals surface area (Å²) in [6, 6.07) is 21.7. The van der Waals surface area contributed by atoms with Crippen molar-refractivity contribution in [1.82, 2.24) is 25.1 Å². The number of anilines is 1. The van der Waals surface area contributed by atoms with Gasteiger partial charge in [0.1, 0.15) is 0 Å². The molecule has 0 spiro atoms. The molecule has 2 heterocycles. The third-order valence-electron chi connectivity index (χ3n) is 6.87. The number of tetrazole rings is 1. The molecular weight excluding hydrogens is 440 g/mol. The molecule has 0 bridgehead atoms. The van der Waals surface area contributed by atoms with E-state index in [2.05, 4.69) is 20.8 Å². The van der Waals surface area contributed by atoms with Gasteiger partial charge in [-0.2, -0.15) is 0 Å². The van der Waals surface area contributed by atoms with Crippen molar-refractivity contribution in [2.75, 3.05) is 18.4 Å². The Hall–Kier alpha value is -4.07. The molecule has 6 rings (SSSR count). The van der Waals surface area contributed by atoms with Gasteiger partial charge in [0.05, 0.1) is 12.0 Å². The van der Waals surface area contributed by atoms with E-state index in [1.54, 1.807) is 0 Å². The Morgan fingerprint density at radius 3 is 2.66 bits per heavy atom. The number of nitrogens with one attached hydrogen (secondary N) is 1. The Bertz CT molecular complexity index is 1400. The van der Waals surface area contributed by atoms with Crippen molar-refractivity contribution in [3.8, 4) is 11.4 Å². The second-order valence-electron chi connectivity index (χ2n) is 9.37. The van der Waals surface area contributed by atoms with Crippen LogP contribution in [0.25, 0.3) is 22.2 Å². The van der Waals surface area contributed by atoms with Crippen LogP contribution in [0.3, 0.4) is 0 Å². The first-order valence-electron chi connectivity index (χ1n) is 12.1. The first kappa shape index (κ1) is 21.5. The molecule has 2 amide bonds. The Morgan fingerprint density at radius 1 is 0.943 bits per heavy atom. The lowest BCUT2D eigenvalue weighted by molar-refractivity contribution is -0.121. The minimum atomic E-state index is -0.261. The maximum Gasteiger partial charge on any atom is 0.254 e. The van der Waals surface area contributed by atoms with Crippen LogP contribution in [0, 0.1) is 5.92 Å².